The molecule has 0 aliphatic carbocycles. The molecule has 28 heavy (non-hydrogen) atoms. The highest BCUT2D eigenvalue weighted by molar-refractivity contribution is 7.98. The van der Waals surface area contributed by atoms with Crippen LogP contribution in [0.2, 0.25) is 0 Å². The van der Waals surface area contributed by atoms with E-state index < -0.39 is 16.1 Å². The van der Waals surface area contributed by atoms with Crippen molar-refractivity contribution >= 4 is 27.7 Å². The van der Waals surface area contributed by atoms with Gasteiger partial charge in [-0.05, 0) is 82.8 Å². The molecule has 158 valence electrons. The zero-order valence-corrected chi connectivity index (χ0v) is 18.7. The summed E-state index contributed by atoms with van der Waals surface area (Å²) < 4.78 is 27.9. The molecule has 1 atom stereocenters. The third kappa shape index (κ3) is 7.39. The molecule has 0 aromatic heterocycles. The number of sulfonamides is 1. The summed E-state index contributed by atoms with van der Waals surface area (Å²) in [6.07, 6.45) is 5.67. The quantitative estimate of drug-likeness (QED) is 0.599. The number of nitrogens with zero attached hydrogens (tertiary/aromatic N) is 1. The lowest BCUT2D eigenvalue weighted by Crippen LogP contribution is -2.47. The number of likely N-dealkylation sites (tertiary alicyclic amines) is 1. The maximum absolute atomic E-state index is 12.7. The fourth-order valence-corrected chi connectivity index (χ4v) is 5.03. The molecule has 0 saturated carbocycles. The second-order valence-electron chi connectivity index (χ2n) is 7.59. The molecule has 6 nitrogen and oxygen atoms in total. The van der Waals surface area contributed by atoms with E-state index in [-0.39, 0.29) is 10.8 Å². The van der Waals surface area contributed by atoms with Gasteiger partial charge in [-0.15, -0.1) is 0 Å². The predicted molar refractivity (Wildman–Crippen MR) is 116 cm³/mol. The average molecular weight is 428 g/mol. The molecule has 1 unspecified atom stereocenters. The zero-order valence-electron chi connectivity index (χ0n) is 17.1. The standard InChI is InChI=1S/C20H33N3O3S2/c1-16-4-6-18(7-5-16)28(25,26)22-19(11-15-27-3)20(24)21-12-8-17-9-13-23(2)14-10-17/h4-7,17,19,22H,8-15H2,1-3H3,(H,21,24). The van der Waals surface area contributed by atoms with Crippen LogP contribution in [0.1, 0.15) is 31.2 Å². The van der Waals surface area contributed by atoms with Gasteiger partial charge >= 0.3 is 0 Å². The Kier molecular flexibility index (Phi) is 9.27. The van der Waals surface area contributed by atoms with Crippen molar-refractivity contribution in [1.29, 1.82) is 0 Å². The van der Waals surface area contributed by atoms with E-state index in [0.717, 1.165) is 37.9 Å². The van der Waals surface area contributed by atoms with Crippen molar-refractivity contribution in [3.8, 4) is 0 Å². The van der Waals surface area contributed by atoms with E-state index >= 15 is 0 Å². The molecule has 1 aliphatic rings. The SMILES string of the molecule is CSCCC(NS(=O)(=O)c1ccc(C)cc1)C(=O)NCCC1CCN(C)CC1. The molecule has 1 fully saturated rings. The lowest BCUT2D eigenvalue weighted by Gasteiger charge is -2.29. The molecule has 8 heteroatoms. The zero-order chi connectivity index (χ0) is 20.6. The van der Waals surface area contributed by atoms with Gasteiger partial charge in [0.2, 0.25) is 15.9 Å². The maximum Gasteiger partial charge on any atom is 0.241 e. The molecule has 1 heterocycles. The molecule has 2 N–H and O–H groups in total. The summed E-state index contributed by atoms with van der Waals surface area (Å²) in [5.41, 5.74) is 0.990. The summed E-state index contributed by atoms with van der Waals surface area (Å²) in [7, 11) is -1.60. The molecule has 0 spiro atoms. The first-order valence-electron chi connectivity index (χ1n) is 9.86. The van der Waals surface area contributed by atoms with Crippen molar-refractivity contribution in [2.75, 3.05) is 38.7 Å². The van der Waals surface area contributed by atoms with Crippen molar-refractivity contribution in [1.82, 2.24) is 14.9 Å². The lowest BCUT2D eigenvalue weighted by molar-refractivity contribution is -0.122. The maximum atomic E-state index is 12.7. The number of piperidine rings is 1. The molecule has 2 rings (SSSR count). The monoisotopic (exact) mass is 427 g/mol. The average Bonchev–Trinajstić information content (AvgIpc) is 2.67. The van der Waals surface area contributed by atoms with Gasteiger partial charge < -0.3 is 10.2 Å². The van der Waals surface area contributed by atoms with Crippen molar-refractivity contribution in [3.63, 3.8) is 0 Å². The Morgan fingerprint density at radius 3 is 2.50 bits per heavy atom. The van der Waals surface area contributed by atoms with Crippen molar-refractivity contribution < 1.29 is 13.2 Å². The highest BCUT2D eigenvalue weighted by Crippen LogP contribution is 2.19. The minimum absolute atomic E-state index is 0.186. The molecule has 1 saturated heterocycles. The van der Waals surface area contributed by atoms with Gasteiger partial charge in [0.15, 0.2) is 0 Å². The molecule has 0 radical (unpaired) electrons. The van der Waals surface area contributed by atoms with Crippen LogP contribution in [0.5, 0.6) is 0 Å². The number of thioether (sulfide) groups is 1. The number of rotatable bonds is 10. The predicted octanol–water partition coefficient (Wildman–Crippen LogP) is 2.24. The van der Waals surface area contributed by atoms with E-state index in [1.807, 2.05) is 13.2 Å². The van der Waals surface area contributed by atoms with Crippen LogP contribution in [-0.4, -0.2) is 64.0 Å². The Hall–Kier alpha value is -1.09. The summed E-state index contributed by atoms with van der Waals surface area (Å²) >= 11 is 1.60. The van der Waals surface area contributed by atoms with Crippen LogP contribution in [0.15, 0.2) is 29.2 Å². The first-order valence-corrected chi connectivity index (χ1v) is 12.7. The van der Waals surface area contributed by atoms with E-state index in [4.69, 9.17) is 0 Å². The van der Waals surface area contributed by atoms with Gasteiger partial charge in [0.25, 0.3) is 0 Å². The first-order chi connectivity index (χ1) is 13.3. The van der Waals surface area contributed by atoms with Crippen LogP contribution in [0.3, 0.4) is 0 Å². The Balaban J connectivity index is 1.91. The Labute approximate surface area is 173 Å². The highest BCUT2D eigenvalue weighted by Gasteiger charge is 2.25. The second kappa shape index (κ2) is 11.2. The van der Waals surface area contributed by atoms with E-state index in [0.29, 0.717) is 24.6 Å². The number of aryl methyl sites for hydroxylation is 1. The normalized spacial score (nSPS) is 17.4. The van der Waals surface area contributed by atoms with Crippen LogP contribution < -0.4 is 10.0 Å². The third-order valence-electron chi connectivity index (χ3n) is 5.25. The van der Waals surface area contributed by atoms with Gasteiger partial charge in [0.1, 0.15) is 6.04 Å². The molecular formula is C20H33N3O3S2. The van der Waals surface area contributed by atoms with Gasteiger partial charge in [0.05, 0.1) is 4.90 Å². The van der Waals surface area contributed by atoms with Crippen LogP contribution in [-0.2, 0) is 14.8 Å². The van der Waals surface area contributed by atoms with Gasteiger partial charge in [-0.1, -0.05) is 17.7 Å². The van der Waals surface area contributed by atoms with E-state index in [2.05, 4.69) is 22.0 Å². The second-order valence-corrected chi connectivity index (χ2v) is 10.3. The van der Waals surface area contributed by atoms with Gasteiger partial charge in [-0.3, -0.25) is 4.79 Å². The number of hydrogen-bond donors (Lipinski definition) is 2. The fourth-order valence-electron chi connectivity index (χ4n) is 3.33. The minimum atomic E-state index is -3.73. The van der Waals surface area contributed by atoms with Gasteiger partial charge in [0, 0.05) is 6.54 Å². The van der Waals surface area contributed by atoms with Crippen molar-refractivity contribution in [3.05, 3.63) is 29.8 Å². The van der Waals surface area contributed by atoms with Crippen LogP contribution >= 0.6 is 11.8 Å². The molecular weight excluding hydrogens is 394 g/mol. The summed E-state index contributed by atoms with van der Waals surface area (Å²) in [6, 6.07) is 5.90. The summed E-state index contributed by atoms with van der Waals surface area (Å²) in [4.78, 5) is 15.2. The Morgan fingerprint density at radius 2 is 1.89 bits per heavy atom. The smallest absolute Gasteiger partial charge is 0.241 e. The molecule has 1 aromatic carbocycles. The van der Waals surface area contributed by atoms with Crippen molar-refractivity contribution in [2.45, 2.75) is 43.5 Å². The van der Waals surface area contributed by atoms with Gasteiger partial charge in [-0.25, -0.2) is 8.42 Å². The number of amides is 1. The van der Waals surface area contributed by atoms with E-state index in [9.17, 15) is 13.2 Å². The van der Waals surface area contributed by atoms with Crippen molar-refractivity contribution in [2.24, 2.45) is 5.92 Å². The summed E-state index contributed by atoms with van der Waals surface area (Å²) in [6.45, 7) is 4.70. The summed E-state index contributed by atoms with van der Waals surface area (Å²) in [5.74, 6) is 1.10. The number of nitrogens with one attached hydrogen (secondary N) is 2. The lowest BCUT2D eigenvalue weighted by atomic mass is 9.94. The minimum Gasteiger partial charge on any atom is -0.355 e. The molecule has 1 aliphatic heterocycles. The number of carbonyl (C=O) groups excluding carboxylic acids is 1. The number of carbonyl (C=O) groups is 1. The van der Waals surface area contributed by atoms with Crippen LogP contribution in [0.4, 0.5) is 0 Å². The highest BCUT2D eigenvalue weighted by atomic mass is 32.2. The number of benzene rings is 1. The Morgan fingerprint density at radius 1 is 1.25 bits per heavy atom. The van der Waals surface area contributed by atoms with E-state index in [1.165, 1.54) is 0 Å². The third-order valence-corrected chi connectivity index (χ3v) is 7.38. The number of hydrogen-bond acceptors (Lipinski definition) is 5. The largest absolute Gasteiger partial charge is 0.355 e. The Bertz CT molecular complexity index is 715. The van der Waals surface area contributed by atoms with Gasteiger partial charge in [-0.2, -0.15) is 16.5 Å². The molecule has 0 bridgehead atoms. The fraction of sp³-hybridized carbons (Fsp3) is 0.650. The summed E-state index contributed by atoms with van der Waals surface area (Å²) in [5, 5.41) is 2.94. The molecule has 1 aromatic rings. The van der Waals surface area contributed by atoms with E-state index in [1.54, 1.807) is 36.0 Å². The first kappa shape index (κ1) is 23.2. The molecule has 1 amide bonds. The topological polar surface area (TPSA) is 78.5 Å². The van der Waals surface area contributed by atoms with Crippen LogP contribution in [0.25, 0.3) is 0 Å². The van der Waals surface area contributed by atoms with Crippen LogP contribution in [0, 0.1) is 12.8 Å².